The molecule has 6 nitrogen and oxygen atoms in total. The summed E-state index contributed by atoms with van der Waals surface area (Å²) in [6.45, 7) is 1.92. The van der Waals surface area contributed by atoms with Gasteiger partial charge in [0, 0.05) is 28.3 Å². The smallest absolute Gasteiger partial charge is 0.363 e. The van der Waals surface area contributed by atoms with E-state index < -0.39 is 10.9 Å². The van der Waals surface area contributed by atoms with Crippen LogP contribution in [-0.4, -0.2) is 16.8 Å². The van der Waals surface area contributed by atoms with E-state index in [0.29, 0.717) is 11.1 Å². The molecule has 0 unspecified atom stereocenters. The molecule has 0 bridgehead atoms. The highest BCUT2D eigenvalue weighted by atomic mass is 35.5. The summed E-state index contributed by atoms with van der Waals surface area (Å²) in [5.41, 5.74) is 1.92. The Bertz CT molecular complexity index is 919. The average Bonchev–Trinajstić information content (AvgIpc) is 2.90. The number of aryl methyl sites for hydroxylation is 1. The number of ether oxygens (including phenoxy) is 1. The molecule has 0 amide bonds. The number of carbonyl (C=O) groups excluding carboxylic acids is 1. The second-order valence-corrected chi connectivity index (χ2v) is 5.58. The predicted octanol–water partition coefficient (Wildman–Crippen LogP) is 3.90. The summed E-state index contributed by atoms with van der Waals surface area (Å²) >= 11 is 6.03. The van der Waals surface area contributed by atoms with E-state index in [1.165, 1.54) is 24.3 Å². The van der Waals surface area contributed by atoms with Crippen LogP contribution in [0.1, 0.15) is 16.7 Å². The molecule has 0 N–H and O–H groups in total. The van der Waals surface area contributed by atoms with Gasteiger partial charge in [-0.15, -0.1) is 0 Å². The van der Waals surface area contributed by atoms with Crippen molar-refractivity contribution in [1.29, 1.82) is 0 Å². The minimum absolute atomic E-state index is 0.0360. The zero-order valence-corrected chi connectivity index (χ0v) is 13.3. The number of halogens is 1. The monoisotopic (exact) mass is 342 g/mol. The van der Waals surface area contributed by atoms with Crippen molar-refractivity contribution >= 4 is 35.2 Å². The number of carbonyl (C=O) groups is 1. The lowest BCUT2D eigenvalue weighted by Crippen LogP contribution is -2.05. The summed E-state index contributed by atoms with van der Waals surface area (Å²) < 4.78 is 5.17. The number of cyclic esters (lactones) is 1. The van der Waals surface area contributed by atoms with Crippen LogP contribution in [0.4, 0.5) is 5.69 Å². The summed E-state index contributed by atoms with van der Waals surface area (Å²) in [7, 11) is 0. The van der Waals surface area contributed by atoms with E-state index in [4.69, 9.17) is 16.3 Å². The summed E-state index contributed by atoms with van der Waals surface area (Å²) in [6, 6.07) is 11.3. The first-order valence-corrected chi connectivity index (χ1v) is 7.35. The van der Waals surface area contributed by atoms with Crippen LogP contribution < -0.4 is 0 Å². The van der Waals surface area contributed by atoms with Crippen LogP contribution in [0.5, 0.6) is 0 Å². The van der Waals surface area contributed by atoms with Crippen molar-refractivity contribution in [3.8, 4) is 0 Å². The Kier molecular flexibility index (Phi) is 4.14. The molecule has 0 radical (unpaired) electrons. The van der Waals surface area contributed by atoms with Crippen molar-refractivity contribution in [2.45, 2.75) is 6.92 Å². The molecule has 2 aromatic carbocycles. The first-order valence-electron chi connectivity index (χ1n) is 6.97. The fourth-order valence-electron chi connectivity index (χ4n) is 2.21. The zero-order chi connectivity index (χ0) is 17.3. The maximum atomic E-state index is 12.0. The number of non-ortho nitro benzene ring substituents is 1. The van der Waals surface area contributed by atoms with Crippen LogP contribution in [0.2, 0.25) is 5.02 Å². The fourth-order valence-corrected chi connectivity index (χ4v) is 2.39. The molecule has 0 fully saturated rings. The van der Waals surface area contributed by atoms with Gasteiger partial charge in [-0.1, -0.05) is 29.3 Å². The summed E-state index contributed by atoms with van der Waals surface area (Å²) in [4.78, 5) is 26.5. The summed E-state index contributed by atoms with van der Waals surface area (Å²) in [6.07, 6.45) is 1.38. The first-order chi connectivity index (χ1) is 11.4. The minimum atomic E-state index is -0.630. The molecule has 120 valence electrons. The lowest BCUT2D eigenvalue weighted by molar-refractivity contribution is -0.384. The lowest BCUT2D eigenvalue weighted by atomic mass is 10.1. The SMILES string of the molecule is Cc1cccc(C2=N/C(=C\c3cc([N+](=O)[O-])ccc3Cl)C(=O)O2)c1. The van der Waals surface area contributed by atoms with Crippen molar-refractivity contribution in [3.63, 3.8) is 0 Å². The Morgan fingerprint density at radius 2 is 2.04 bits per heavy atom. The molecule has 0 saturated carbocycles. The molecule has 3 rings (SSSR count). The third-order valence-corrected chi connectivity index (χ3v) is 3.71. The maximum absolute atomic E-state index is 12.0. The number of hydrogen-bond donors (Lipinski definition) is 0. The van der Waals surface area contributed by atoms with Gasteiger partial charge < -0.3 is 4.74 Å². The van der Waals surface area contributed by atoms with Gasteiger partial charge in [-0.3, -0.25) is 10.1 Å². The topological polar surface area (TPSA) is 81.8 Å². The molecule has 2 aromatic rings. The van der Waals surface area contributed by atoms with Gasteiger partial charge in [0.1, 0.15) is 0 Å². The average molecular weight is 343 g/mol. The van der Waals surface area contributed by atoms with Crippen LogP contribution >= 0.6 is 11.6 Å². The van der Waals surface area contributed by atoms with Gasteiger partial charge in [0.05, 0.1) is 4.92 Å². The van der Waals surface area contributed by atoms with E-state index in [9.17, 15) is 14.9 Å². The second kappa shape index (κ2) is 6.25. The van der Waals surface area contributed by atoms with Crippen LogP contribution in [0, 0.1) is 17.0 Å². The molecule has 7 heteroatoms. The molecule has 0 aromatic heterocycles. The van der Waals surface area contributed by atoms with Crippen molar-refractivity contribution in [2.24, 2.45) is 4.99 Å². The van der Waals surface area contributed by atoms with E-state index in [1.54, 1.807) is 6.07 Å². The number of nitrogens with zero attached hydrogens (tertiary/aromatic N) is 2. The van der Waals surface area contributed by atoms with Crippen LogP contribution in [-0.2, 0) is 9.53 Å². The van der Waals surface area contributed by atoms with Crippen LogP contribution in [0.15, 0.2) is 53.2 Å². The third-order valence-electron chi connectivity index (χ3n) is 3.37. The summed E-state index contributed by atoms with van der Waals surface area (Å²) in [5.74, 6) is -0.439. The van der Waals surface area contributed by atoms with Gasteiger partial charge >= 0.3 is 5.97 Å². The van der Waals surface area contributed by atoms with Gasteiger partial charge in [0.2, 0.25) is 5.90 Å². The number of benzene rings is 2. The third kappa shape index (κ3) is 3.18. The van der Waals surface area contributed by atoms with Gasteiger partial charge in [-0.05, 0) is 31.2 Å². The van der Waals surface area contributed by atoms with Gasteiger partial charge in [0.15, 0.2) is 5.70 Å². The van der Waals surface area contributed by atoms with E-state index in [-0.39, 0.29) is 22.3 Å². The Hall–Kier alpha value is -2.99. The molecular formula is C17H11ClN2O4. The second-order valence-electron chi connectivity index (χ2n) is 5.17. The number of nitro groups is 1. The molecule has 0 saturated heterocycles. The number of aliphatic imine (C=N–C) groups is 1. The number of hydrogen-bond acceptors (Lipinski definition) is 5. The van der Waals surface area contributed by atoms with E-state index in [0.717, 1.165) is 5.56 Å². The largest absolute Gasteiger partial charge is 0.402 e. The standard InChI is InChI=1S/C17H11ClN2O4/c1-10-3-2-4-11(7-10)16-19-15(17(21)24-16)9-12-8-13(20(22)23)5-6-14(12)18/h2-9H,1H3/b15-9-. The Morgan fingerprint density at radius 1 is 1.25 bits per heavy atom. The number of rotatable bonds is 3. The van der Waals surface area contributed by atoms with Crippen molar-refractivity contribution in [3.05, 3.63) is 80.0 Å². The van der Waals surface area contributed by atoms with E-state index in [1.807, 2.05) is 25.1 Å². The zero-order valence-electron chi connectivity index (χ0n) is 12.5. The molecule has 0 aliphatic carbocycles. The highest BCUT2D eigenvalue weighted by Gasteiger charge is 2.24. The molecule has 0 spiro atoms. The van der Waals surface area contributed by atoms with Crippen LogP contribution in [0.25, 0.3) is 6.08 Å². The molecule has 1 aliphatic rings. The Balaban J connectivity index is 2.00. The van der Waals surface area contributed by atoms with E-state index in [2.05, 4.69) is 4.99 Å². The minimum Gasteiger partial charge on any atom is -0.402 e. The predicted molar refractivity (Wildman–Crippen MR) is 89.9 cm³/mol. The normalized spacial score (nSPS) is 15.3. The molecular weight excluding hydrogens is 332 g/mol. The van der Waals surface area contributed by atoms with Crippen molar-refractivity contribution < 1.29 is 14.5 Å². The van der Waals surface area contributed by atoms with Crippen molar-refractivity contribution in [2.75, 3.05) is 0 Å². The lowest BCUT2D eigenvalue weighted by Gasteiger charge is -1.99. The molecule has 1 heterocycles. The van der Waals surface area contributed by atoms with Gasteiger partial charge in [-0.2, -0.15) is 0 Å². The highest BCUT2D eigenvalue weighted by Crippen LogP contribution is 2.26. The highest BCUT2D eigenvalue weighted by molar-refractivity contribution is 6.32. The fraction of sp³-hybridized carbons (Fsp3) is 0.0588. The van der Waals surface area contributed by atoms with E-state index >= 15 is 0 Å². The quantitative estimate of drug-likeness (QED) is 0.366. The van der Waals surface area contributed by atoms with Crippen molar-refractivity contribution in [1.82, 2.24) is 0 Å². The first kappa shape index (κ1) is 15.9. The Labute approximate surface area is 142 Å². The number of esters is 1. The molecule has 1 aliphatic heterocycles. The summed E-state index contributed by atoms with van der Waals surface area (Å²) in [5, 5.41) is 11.1. The van der Waals surface area contributed by atoms with Crippen LogP contribution in [0.3, 0.4) is 0 Å². The maximum Gasteiger partial charge on any atom is 0.363 e. The molecule has 24 heavy (non-hydrogen) atoms. The molecule has 0 atom stereocenters. The van der Waals surface area contributed by atoms with Gasteiger partial charge in [0.25, 0.3) is 5.69 Å². The van der Waals surface area contributed by atoms with Gasteiger partial charge in [-0.25, -0.2) is 9.79 Å². The number of nitro benzene ring substituents is 1. The Morgan fingerprint density at radius 3 is 2.75 bits per heavy atom.